The minimum atomic E-state index is 0.000131. The van der Waals surface area contributed by atoms with Gasteiger partial charge in [0.1, 0.15) is 0 Å². The van der Waals surface area contributed by atoms with Gasteiger partial charge in [-0.1, -0.05) is 24.4 Å². The van der Waals surface area contributed by atoms with Crippen LogP contribution in [0.4, 0.5) is 0 Å². The minimum Gasteiger partial charge on any atom is -0.490 e. The molecule has 0 atom stereocenters. The summed E-state index contributed by atoms with van der Waals surface area (Å²) in [4.78, 5) is 13.9. The summed E-state index contributed by atoms with van der Waals surface area (Å²) in [6.07, 6.45) is 0.833. The molecule has 0 unspecified atom stereocenters. The van der Waals surface area contributed by atoms with Crippen LogP contribution in [-0.4, -0.2) is 42.6 Å². The third kappa shape index (κ3) is 6.44. The first kappa shape index (κ1) is 17.2. The SMILES string of the molecule is CCOc1ccccc1OCCC(=O)N(C)CCC(N)=S. The van der Waals surface area contributed by atoms with Crippen LogP contribution >= 0.6 is 12.2 Å². The summed E-state index contributed by atoms with van der Waals surface area (Å²) < 4.78 is 11.1. The molecule has 1 amide bonds. The zero-order valence-corrected chi connectivity index (χ0v) is 13.3. The van der Waals surface area contributed by atoms with Gasteiger partial charge in [0.25, 0.3) is 0 Å². The molecule has 0 radical (unpaired) electrons. The first-order chi connectivity index (χ1) is 10.0. The van der Waals surface area contributed by atoms with Crippen molar-refractivity contribution >= 4 is 23.1 Å². The quantitative estimate of drug-likeness (QED) is 0.707. The molecule has 0 aliphatic carbocycles. The van der Waals surface area contributed by atoms with E-state index < -0.39 is 0 Å². The number of benzene rings is 1. The maximum atomic E-state index is 11.9. The number of para-hydroxylation sites is 2. The lowest BCUT2D eigenvalue weighted by Crippen LogP contribution is -2.30. The van der Waals surface area contributed by atoms with Crippen LogP contribution in [0.3, 0.4) is 0 Å². The number of nitrogens with zero attached hydrogens (tertiary/aromatic N) is 1. The van der Waals surface area contributed by atoms with Gasteiger partial charge in [-0.15, -0.1) is 0 Å². The molecule has 2 N–H and O–H groups in total. The Balaban J connectivity index is 2.39. The monoisotopic (exact) mass is 310 g/mol. The van der Waals surface area contributed by atoms with Gasteiger partial charge in [0.2, 0.25) is 5.91 Å². The normalized spacial score (nSPS) is 10.0. The maximum absolute atomic E-state index is 11.9. The van der Waals surface area contributed by atoms with Gasteiger partial charge in [0.15, 0.2) is 11.5 Å². The van der Waals surface area contributed by atoms with E-state index in [1.165, 1.54) is 0 Å². The fourth-order valence-electron chi connectivity index (χ4n) is 1.69. The van der Waals surface area contributed by atoms with Crippen molar-refractivity contribution < 1.29 is 14.3 Å². The Morgan fingerprint density at radius 2 is 1.86 bits per heavy atom. The molecule has 6 heteroatoms. The molecule has 0 heterocycles. The van der Waals surface area contributed by atoms with Crippen molar-refractivity contribution in [1.82, 2.24) is 4.90 Å². The van der Waals surface area contributed by atoms with Gasteiger partial charge >= 0.3 is 0 Å². The van der Waals surface area contributed by atoms with Gasteiger partial charge in [-0.05, 0) is 19.1 Å². The summed E-state index contributed by atoms with van der Waals surface area (Å²) in [7, 11) is 1.73. The fourth-order valence-corrected chi connectivity index (χ4v) is 1.78. The summed E-state index contributed by atoms with van der Waals surface area (Å²) in [6.45, 7) is 3.32. The average molecular weight is 310 g/mol. The molecule has 21 heavy (non-hydrogen) atoms. The Labute approximate surface area is 131 Å². The molecule has 5 nitrogen and oxygen atoms in total. The molecule has 0 saturated carbocycles. The van der Waals surface area contributed by atoms with Gasteiger partial charge in [-0.25, -0.2) is 0 Å². The van der Waals surface area contributed by atoms with E-state index in [0.717, 1.165) is 0 Å². The smallest absolute Gasteiger partial charge is 0.225 e. The lowest BCUT2D eigenvalue weighted by atomic mass is 10.3. The lowest BCUT2D eigenvalue weighted by molar-refractivity contribution is -0.130. The number of thiocarbonyl (C=S) groups is 1. The predicted molar refractivity (Wildman–Crippen MR) is 86.8 cm³/mol. The van der Waals surface area contributed by atoms with Crippen LogP contribution in [0.2, 0.25) is 0 Å². The van der Waals surface area contributed by atoms with Crippen LogP contribution in [0.25, 0.3) is 0 Å². The van der Waals surface area contributed by atoms with Crippen molar-refractivity contribution in [2.45, 2.75) is 19.8 Å². The van der Waals surface area contributed by atoms with Gasteiger partial charge in [0, 0.05) is 20.0 Å². The largest absolute Gasteiger partial charge is 0.490 e. The van der Waals surface area contributed by atoms with Crippen LogP contribution in [0.1, 0.15) is 19.8 Å². The summed E-state index contributed by atoms with van der Waals surface area (Å²) >= 11 is 4.79. The summed E-state index contributed by atoms with van der Waals surface area (Å²) in [6, 6.07) is 7.42. The summed E-state index contributed by atoms with van der Waals surface area (Å²) in [5.74, 6) is 1.34. The van der Waals surface area contributed by atoms with E-state index in [2.05, 4.69) is 0 Å². The maximum Gasteiger partial charge on any atom is 0.225 e. The number of carbonyl (C=O) groups is 1. The van der Waals surface area contributed by atoms with Crippen LogP contribution < -0.4 is 15.2 Å². The first-order valence-corrected chi connectivity index (χ1v) is 7.32. The molecule has 0 aromatic heterocycles. The highest BCUT2D eigenvalue weighted by molar-refractivity contribution is 7.80. The fraction of sp³-hybridized carbons (Fsp3) is 0.467. The number of hydrogen-bond acceptors (Lipinski definition) is 4. The number of amides is 1. The zero-order valence-electron chi connectivity index (χ0n) is 12.5. The molecule has 1 aromatic carbocycles. The second-order valence-electron chi connectivity index (χ2n) is 4.51. The van der Waals surface area contributed by atoms with E-state index in [1.807, 2.05) is 31.2 Å². The first-order valence-electron chi connectivity index (χ1n) is 6.91. The van der Waals surface area contributed by atoms with Crippen LogP contribution in [0, 0.1) is 0 Å². The second kappa shape index (κ2) is 9.18. The third-order valence-corrected chi connectivity index (χ3v) is 3.05. The van der Waals surface area contributed by atoms with E-state index in [9.17, 15) is 4.79 Å². The molecule has 0 bridgehead atoms. The Morgan fingerprint density at radius 3 is 2.43 bits per heavy atom. The molecular formula is C15H22N2O3S. The predicted octanol–water partition coefficient (Wildman–Crippen LogP) is 1.99. The van der Waals surface area contributed by atoms with Crippen molar-refractivity contribution in [3.63, 3.8) is 0 Å². The third-order valence-electron chi connectivity index (χ3n) is 2.84. The molecular weight excluding hydrogens is 288 g/mol. The van der Waals surface area contributed by atoms with Crippen LogP contribution in [0.5, 0.6) is 11.5 Å². The Morgan fingerprint density at radius 1 is 1.24 bits per heavy atom. The number of rotatable bonds is 9. The van der Waals surface area contributed by atoms with Gasteiger partial charge in [-0.3, -0.25) is 4.79 Å². The van der Waals surface area contributed by atoms with E-state index in [4.69, 9.17) is 27.4 Å². The topological polar surface area (TPSA) is 64.8 Å². The highest BCUT2D eigenvalue weighted by Gasteiger charge is 2.10. The van der Waals surface area contributed by atoms with Crippen molar-refractivity contribution in [2.75, 3.05) is 26.8 Å². The van der Waals surface area contributed by atoms with Crippen LogP contribution in [0.15, 0.2) is 24.3 Å². The van der Waals surface area contributed by atoms with E-state index >= 15 is 0 Å². The standard InChI is InChI=1S/C15H22N2O3S/c1-3-19-12-6-4-5-7-13(12)20-11-9-15(18)17(2)10-8-14(16)21/h4-7H,3,8-11H2,1-2H3,(H2,16,21). The van der Waals surface area contributed by atoms with E-state index in [1.54, 1.807) is 11.9 Å². The van der Waals surface area contributed by atoms with E-state index in [-0.39, 0.29) is 5.91 Å². The van der Waals surface area contributed by atoms with E-state index in [0.29, 0.717) is 49.1 Å². The second-order valence-corrected chi connectivity index (χ2v) is 5.03. The Kier molecular flexibility index (Phi) is 7.53. The average Bonchev–Trinajstić information content (AvgIpc) is 2.46. The minimum absolute atomic E-state index is 0.000131. The van der Waals surface area contributed by atoms with Gasteiger partial charge in [0.05, 0.1) is 24.6 Å². The number of nitrogens with two attached hydrogens (primary N) is 1. The molecule has 116 valence electrons. The zero-order chi connectivity index (χ0) is 15.7. The highest BCUT2D eigenvalue weighted by atomic mass is 32.1. The summed E-state index contributed by atoms with van der Waals surface area (Å²) in [5.41, 5.74) is 5.42. The van der Waals surface area contributed by atoms with Crippen LogP contribution in [-0.2, 0) is 4.79 Å². The molecule has 0 spiro atoms. The van der Waals surface area contributed by atoms with Gasteiger partial charge in [-0.2, -0.15) is 0 Å². The number of ether oxygens (including phenoxy) is 2. The molecule has 1 rings (SSSR count). The molecule has 0 fully saturated rings. The van der Waals surface area contributed by atoms with Crippen molar-refractivity contribution in [2.24, 2.45) is 5.73 Å². The van der Waals surface area contributed by atoms with Crippen molar-refractivity contribution in [1.29, 1.82) is 0 Å². The molecule has 0 aliphatic rings. The van der Waals surface area contributed by atoms with Crippen molar-refractivity contribution in [3.05, 3.63) is 24.3 Å². The Bertz CT molecular complexity index is 480. The lowest BCUT2D eigenvalue weighted by Gasteiger charge is -2.17. The molecule has 0 aliphatic heterocycles. The number of hydrogen-bond donors (Lipinski definition) is 1. The molecule has 0 saturated heterocycles. The molecule has 1 aromatic rings. The highest BCUT2D eigenvalue weighted by Crippen LogP contribution is 2.26. The number of carbonyl (C=O) groups excluding carboxylic acids is 1. The Hall–Kier alpha value is -1.82. The summed E-state index contributed by atoms with van der Waals surface area (Å²) in [5, 5.41) is 0. The van der Waals surface area contributed by atoms with Crippen molar-refractivity contribution in [3.8, 4) is 11.5 Å². The van der Waals surface area contributed by atoms with Gasteiger partial charge < -0.3 is 20.1 Å².